The second-order valence-electron chi connectivity index (χ2n) is 8.75. The van der Waals surface area contributed by atoms with E-state index in [9.17, 15) is 28.2 Å². The summed E-state index contributed by atoms with van der Waals surface area (Å²) < 4.78 is 44.9. The van der Waals surface area contributed by atoms with E-state index in [1.165, 1.54) is 17.4 Å². The molecular formula is C21H24F3N5O4S. The zero-order valence-corrected chi connectivity index (χ0v) is 19.4. The van der Waals surface area contributed by atoms with Gasteiger partial charge in [-0.2, -0.15) is 18.2 Å². The molecule has 34 heavy (non-hydrogen) atoms. The molecule has 13 heteroatoms. The zero-order chi connectivity index (χ0) is 24.8. The average Bonchev–Trinajstić information content (AvgIpc) is 3.33. The van der Waals surface area contributed by atoms with Gasteiger partial charge in [0.2, 0.25) is 0 Å². The highest BCUT2D eigenvalue weighted by molar-refractivity contribution is 7.16. The van der Waals surface area contributed by atoms with Crippen molar-refractivity contribution >= 4 is 39.6 Å². The first-order valence-electron chi connectivity index (χ1n) is 10.5. The number of fused-ring (bicyclic) bond motifs is 2. The monoisotopic (exact) mass is 499 g/mol. The minimum Gasteiger partial charge on any atom is -0.423 e. The summed E-state index contributed by atoms with van der Waals surface area (Å²) in [5, 5.41) is 25.3. The molecule has 0 saturated carbocycles. The molecule has 0 saturated heterocycles. The van der Waals surface area contributed by atoms with Gasteiger partial charge in [0.25, 0.3) is 6.01 Å². The molecule has 0 aliphatic carbocycles. The van der Waals surface area contributed by atoms with Crippen LogP contribution in [-0.2, 0) is 12.6 Å². The Bertz CT molecular complexity index is 1200. The van der Waals surface area contributed by atoms with Crippen molar-refractivity contribution < 1.29 is 32.6 Å². The van der Waals surface area contributed by atoms with Gasteiger partial charge in [-0.15, -0.1) is 0 Å². The number of thiazole rings is 1. The highest BCUT2D eigenvalue weighted by Gasteiger charge is 2.38. The first-order chi connectivity index (χ1) is 15.9. The van der Waals surface area contributed by atoms with Crippen molar-refractivity contribution in [3.63, 3.8) is 0 Å². The van der Waals surface area contributed by atoms with E-state index in [2.05, 4.69) is 20.6 Å². The number of hydrogen-bond donors (Lipinski definition) is 4. The molecule has 1 aliphatic rings. The number of amides is 2. The van der Waals surface area contributed by atoms with E-state index < -0.39 is 29.4 Å². The van der Waals surface area contributed by atoms with Crippen LogP contribution >= 0.6 is 11.3 Å². The number of urea groups is 1. The number of aliphatic hydroxyl groups excluding tert-OH is 1. The second-order valence-corrected chi connectivity index (χ2v) is 9.78. The molecule has 9 nitrogen and oxygen atoms in total. The number of aromatic nitrogens is 2. The minimum atomic E-state index is -4.50. The highest BCUT2D eigenvalue weighted by Crippen LogP contribution is 2.42. The summed E-state index contributed by atoms with van der Waals surface area (Å²) in [6, 6.07) is 1.82. The van der Waals surface area contributed by atoms with Crippen LogP contribution < -0.4 is 15.5 Å². The SMILES string of the molecule is C[C@H]1c2sc(NC(=O)NCC(C)(C)O)nc2C[C@@H](CO)N1c1nc2cc(C(F)(F)F)ccc2o1. The second kappa shape index (κ2) is 8.71. The van der Waals surface area contributed by atoms with Gasteiger partial charge in [-0.25, -0.2) is 9.78 Å². The molecule has 1 aromatic carbocycles. The van der Waals surface area contributed by atoms with Crippen LogP contribution in [0.5, 0.6) is 0 Å². The zero-order valence-electron chi connectivity index (χ0n) is 18.6. The topological polar surface area (TPSA) is 124 Å². The third-order valence-electron chi connectivity index (χ3n) is 5.38. The first-order valence-corrected chi connectivity index (χ1v) is 11.3. The number of oxazole rings is 1. The van der Waals surface area contributed by atoms with Crippen molar-refractivity contribution in [1.29, 1.82) is 0 Å². The van der Waals surface area contributed by atoms with Gasteiger partial charge in [0.15, 0.2) is 10.7 Å². The maximum absolute atomic E-state index is 13.1. The molecular weight excluding hydrogens is 475 g/mol. The van der Waals surface area contributed by atoms with E-state index >= 15 is 0 Å². The van der Waals surface area contributed by atoms with Crippen LogP contribution in [0.15, 0.2) is 22.6 Å². The van der Waals surface area contributed by atoms with Crippen molar-refractivity contribution in [2.24, 2.45) is 0 Å². The molecule has 0 unspecified atom stereocenters. The standard InChI is InChI=1S/C21H24F3N5O4S/c1-10-16-14(26-18(34-16)28-17(31)25-9-20(2,3)32)7-12(8-30)29(10)19-27-13-6-11(21(22,23)24)4-5-15(13)33-19/h4-6,10,12,30,32H,7-9H2,1-3H3,(H2,25,26,28,31)/t10-,12-/m0/s1. The van der Waals surface area contributed by atoms with Crippen molar-refractivity contribution in [3.8, 4) is 0 Å². The maximum Gasteiger partial charge on any atom is 0.416 e. The molecule has 3 aromatic rings. The van der Waals surface area contributed by atoms with Gasteiger partial charge >= 0.3 is 12.2 Å². The number of alkyl halides is 3. The summed E-state index contributed by atoms with van der Waals surface area (Å²) in [6.45, 7) is 4.76. The molecule has 2 aromatic heterocycles. The third kappa shape index (κ3) is 4.95. The van der Waals surface area contributed by atoms with Crippen LogP contribution in [0.25, 0.3) is 11.1 Å². The summed E-state index contributed by atoms with van der Waals surface area (Å²) in [6.07, 6.45) is -4.17. The summed E-state index contributed by atoms with van der Waals surface area (Å²) in [4.78, 5) is 23.4. The van der Waals surface area contributed by atoms with E-state index in [0.717, 1.165) is 17.0 Å². The lowest BCUT2D eigenvalue weighted by Crippen LogP contribution is -2.45. The van der Waals surface area contributed by atoms with Gasteiger partial charge in [-0.3, -0.25) is 5.32 Å². The van der Waals surface area contributed by atoms with Gasteiger partial charge in [0.1, 0.15) is 5.52 Å². The number of rotatable bonds is 5. The van der Waals surface area contributed by atoms with E-state index in [0.29, 0.717) is 17.2 Å². The van der Waals surface area contributed by atoms with Gasteiger partial charge in [-0.05, 0) is 39.0 Å². The van der Waals surface area contributed by atoms with Crippen molar-refractivity contribution in [1.82, 2.24) is 15.3 Å². The van der Waals surface area contributed by atoms with E-state index in [4.69, 9.17) is 4.42 Å². The molecule has 4 rings (SSSR count). The fraction of sp³-hybridized carbons (Fsp3) is 0.476. The van der Waals surface area contributed by atoms with Crippen molar-refractivity contribution in [3.05, 3.63) is 34.3 Å². The van der Waals surface area contributed by atoms with Gasteiger partial charge in [0, 0.05) is 13.0 Å². The number of benzene rings is 1. The van der Waals surface area contributed by atoms with Crippen molar-refractivity contribution in [2.45, 2.75) is 51.1 Å². The quantitative estimate of drug-likeness (QED) is 0.422. The first kappa shape index (κ1) is 24.2. The van der Waals surface area contributed by atoms with Gasteiger partial charge < -0.3 is 24.8 Å². The third-order valence-corrected chi connectivity index (χ3v) is 6.57. The van der Waals surface area contributed by atoms with Crippen LogP contribution in [0, 0.1) is 0 Å². The van der Waals surface area contributed by atoms with Crippen LogP contribution in [-0.4, -0.2) is 51.0 Å². The Morgan fingerprint density at radius 2 is 2.06 bits per heavy atom. The van der Waals surface area contributed by atoms with Crippen LogP contribution in [0.4, 0.5) is 29.1 Å². The Labute approximate surface area is 196 Å². The fourth-order valence-corrected chi connectivity index (χ4v) is 4.81. The van der Waals surface area contributed by atoms with E-state index in [1.54, 1.807) is 18.7 Å². The predicted octanol–water partition coefficient (Wildman–Crippen LogP) is 3.68. The largest absolute Gasteiger partial charge is 0.423 e. The summed E-state index contributed by atoms with van der Waals surface area (Å²) in [5.41, 5.74) is -0.930. The smallest absolute Gasteiger partial charge is 0.416 e. The normalized spacial score (nSPS) is 18.8. The molecule has 1 aliphatic heterocycles. The Morgan fingerprint density at radius 1 is 1.32 bits per heavy atom. The molecule has 184 valence electrons. The van der Waals surface area contributed by atoms with Crippen LogP contribution in [0.3, 0.4) is 0 Å². The number of carbonyl (C=O) groups is 1. The number of aliphatic hydroxyl groups is 2. The number of nitrogens with zero attached hydrogens (tertiary/aromatic N) is 3. The van der Waals surface area contributed by atoms with Crippen LogP contribution in [0.1, 0.15) is 42.9 Å². The lowest BCUT2D eigenvalue weighted by atomic mass is 10.00. The highest BCUT2D eigenvalue weighted by atomic mass is 32.1. The molecule has 3 heterocycles. The molecule has 4 N–H and O–H groups in total. The Morgan fingerprint density at radius 3 is 2.71 bits per heavy atom. The Hall–Kier alpha value is -2.90. The number of carbonyl (C=O) groups excluding carboxylic acids is 1. The van der Waals surface area contributed by atoms with Gasteiger partial charge in [0.05, 0.1) is 40.4 Å². The van der Waals surface area contributed by atoms with E-state index in [-0.39, 0.29) is 36.3 Å². The Kier molecular flexibility index (Phi) is 6.21. The lowest BCUT2D eigenvalue weighted by Gasteiger charge is -2.37. The molecule has 0 spiro atoms. The number of hydrogen-bond acceptors (Lipinski definition) is 8. The van der Waals surface area contributed by atoms with E-state index in [1.807, 2.05) is 6.92 Å². The molecule has 0 fully saturated rings. The van der Waals surface area contributed by atoms with Gasteiger partial charge in [-0.1, -0.05) is 11.3 Å². The summed E-state index contributed by atoms with van der Waals surface area (Å²) in [5.74, 6) is 0. The molecule has 0 radical (unpaired) electrons. The predicted molar refractivity (Wildman–Crippen MR) is 120 cm³/mol. The molecule has 2 atom stereocenters. The molecule has 0 bridgehead atoms. The van der Waals surface area contributed by atoms with Crippen molar-refractivity contribution in [2.75, 3.05) is 23.4 Å². The summed E-state index contributed by atoms with van der Waals surface area (Å²) in [7, 11) is 0. The summed E-state index contributed by atoms with van der Waals surface area (Å²) >= 11 is 1.24. The maximum atomic E-state index is 13.1. The number of halogens is 3. The lowest BCUT2D eigenvalue weighted by molar-refractivity contribution is -0.137. The number of anilines is 2. The fourth-order valence-electron chi connectivity index (χ4n) is 3.77. The minimum absolute atomic E-state index is 0.0501. The van der Waals surface area contributed by atoms with Crippen LogP contribution in [0.2, 0.25) is 0 Å². The Balaban J connectivity index is 1.59. The molecule has 2 amide bonds. The number of nitrogens with one attached hydrogen (secondary N) is 2. The average molecular weight is 500 g/mol.